The zero-order valence-electron chi connectivity index (χ0n) is 16.1. The molecule has 0 aliphatic carbocycles. The lowest BCUT2D eigenvalue weighted by Gasteiger charge is -2.13. The molecule has 0 saturated heterocycles. The Balaban J connectivity index is 2.22. The third-order valence-corrected chi connectivity index (χ3v) is 5.26. The Morgan fingerprint density at radius 3 is 2.74 bits per heavy atom. The van der Waals surface area contributed by atoms with E-state index in [1.807, 2.05) is 24.3 Å². The molecule has 1 N–H and O–H groups in total. The lowest BCUT2D eigenvalue weighted by Crippen LogP contribution is -2.01. The van der Waals surface area contributed by atoms with Gasteiger partial charge in [0.05, 0.1) is 23.9 Å². The first-order chi connectivity index (χ1) is 13.2. The molecule has 0 atom stereocenters. The number of aromatic nitrogens is 1. The number of nitrogens with one attached hydrogen (secondary N) is 1. The number of unbranched alkanes of at least 4 members (excludes halogenated alkanes) is 1. The van der Waals surface area contributed by atoms with E-state index >= 15 is 0 Å². The van der Waals surface area contributed by atoms with Crippen molar-refractivity contribution in [2.45, 2.75) is 33.2 Å². The second kappa shape index (κ2) is 8.88. The maximum absolute atomic E-state index is 9.94. The van der Waals surface area contributed by atoms with Crippen LogP contribution in [-0.4, -0.2) is 17.4 Å². The summed E-state index contributed by atoms with van der Waals surface area (Å²) in [5.41, 5.74) is 4.87. The van der Waals surface area contributed by atoms with Crippen LogP contribution < -0.4 is 9.46 Å². The first-order valence-electron chi connectivity index (χ1n) is 9.32. The fourth-order valence-electron chi connectivity index (χ4n) is 3.30. The smallest absolute Gasteiger partial charge is 0.120 e. The fraction of sp³-hybridized carbons (Fsp3) is 0.318. The van der Waals surface area contributed by atoms with Crippen LogP contribution in [0.4, 0.5) is 5.69 Å². The Kier molecular flexibility index (Phi) is 6.31. The molecular formula is C22H25N3OS. The zero-order chi connectivity index (χ0) is 19.2. The van der Waals surface area contributed by atoms with E-state index in [1.165, 1.54) is 0 Å². The van der Waals surface area contributed by atoms with Crippen LogP contribution in [0.1, 0.15) is 32.3 Å². The molecule has 0 aliphatic heterocycles. The number of hydrogen-bond donors (Lipinski definition) is 1. The van der Waals surface area contributed by atoms with E-state index < -0.39 is 0 Å². The van der Waals surface area contributed by atoms with E-state index in [4.69, 9.17) is 4.74 Å². The van der Waals surface area contributed by atoms with Gasteiger partial charge in [0, 0.05) is 35.0 Å². The SMILES string of the molecule is CCCCn1c(-c2cccc(NSCC)c2)c(C#N)c2ccc(OC)cc21. The van der Waals surface area contributed by atoms with Gasteiger partial charge in [-0.25, -0.2) is 0 Å². The summed E-state index contributed by atoms with van der Waals surface area (Å²) in [5, 5.41) is 10.9. The predicted molar refractivity (Wildman–Crippen MR) is 115 cm³/mol. The average molecular weight is 380 g/mol. The van der Waals surface area contributed by atoms with E-state index in [1.54, 1.807) is 19.1 Å². The number of fused-ring (bicyclic) bond motifs is 1. The standard InChI is InChI=1S/C22H25N3OS/c1-4-6-12-25-21-14-18(26-3)10-11-19(21)20(15-23)22(25)16-8-7-9-17(13-16)24-27-5-2/h7-11,13-14,24H,4-6,12H2,1-3H3. The summed E-state index contributed by atoms with van der Waals surface area (Å²) in [6.07, 6.45) is 2.15. The van der Waals surface area contributed by atoms with Gasteiger partial charge in [0.1, 0.15) is 11.8 Å². The van der Waals surface area contributed by atoms with Crippen LogP contribution in [0.25, 0.3) is 22.2 Å². The molecule has 0 saturated carbocycles. The summed E-state index contributed by atoms with van der Waals surface area (Å²) in [6.45, 7) is 5.17. The van der Waals surface area contributed by atoms with Crippen LogP contribution in [-0.2, 0) is 6.54 Å². The number of benzene rings is 2. The number of nitrogens with zero attached hydrogens (tertiary/aromatic N) is 2. The summed E-state index contributed by atoms with van der Waals surface area (Å²) in [6, 6.07) is 16.7. The highest BCUT2D eigenvalue weighted by Crippen LogP contribution is 2.36. The van der Waals surface area contributed by atoms with Gasteiger partial charge in [-0.2, -0.15) is 5.26 Å². The molecule has 2 aromatic carbocycles. The third kappa shape index (κ3) is 3.91. The second-order valence-corrected chi connectivity index (χ2v) is 7.41. The van der Waals surface area contributed by atoms with Crippen LogP contribution in [0.2, 0.25) is 0 Å². The van der Waals surface area contributed by atoms with Crippen molar-refractivity contribution in [2.24, 2.45) is 0 Å². The number of ether oxygens (including phenoxy) is 1. The Bertz CT molecular complexity index is 972. The predicted octanol–water partition coefficient (Wildman–Crippen LogP) is 6.07. The molecule has 0 aliphatic rings. The molecule has 0 unspecified atom stereocenters. The first kappa shape index (κ1) is 19.2. The van der Waals surface area contributed by atoms with Crippen molar-refractivity contribution in [2.75, 3.05) is 17.6 Å². The Labute approximate surface area is 165 Å². The highest BCUT2D eigenvalue weighted by atomic mass is 32.2. The molecule has 0 radical (unpaired) electrons. The van der Waals surface area contributed by atoms with Crippen molar-refractivity contribution in [3.8, 4) is 23.1 Å². The number of aryl methyl sites for hydroxylation is 1. The Morgan fingerprint density at radius 1 is 1.19 bits per heavy atom. The van der Waals surface area contributed by atoms with E-state index in [-0.39, 0.29) is 0 Å². The maximum atomic E-state index is 9.94. The van der Waals surface area contributed by atoms with Gasteiger partial charge in [0.25, 0.3) is 0 Å². The van der Waals surface area contributed by atoms with E-state index in [0.717, 1.165) is 64.3 Å². The van der Waals surface area contributed by atoms with Gasteiger partial charge >= 0.3 is 0 Å². The maximum Gasteiger partial charge on any atom is 0.120 e. The largest absolute Gasteiger partial charge is 0.497 e. The van der Waals surface area contributed by atoms with Crippen LogP contribution in [0.3, 0.4) is 0 Å². The summed E-state index contributed by atoms with van der Waals surface area (Å²) < 4.78 is 11.1. The Morgan fingerprint density at radius 2 is 2.04 bits per heavy atom. The van der Waals surface area contributed by atoms with Gasteiger partial charge in [-0.05, 0) is 30.7 Å². The van der Waals surface area contributed by atoms with Gasteiger partial charge in [-0.1, -0.05) is 44.3 Å². The molecule has 27 heavy (non-hydrogen) atoms. The van der Waals surface area contributed by atoms with Gasteiger partial charge in [-0.3, -0.25) is 0 Å². The number of hydrogen-bond acceptors (Lipinski definition) is 4. The Hall–Kier alpha value is -2.58. The quantitative estimate of drug-likeness (QED) is 0.483. The normalized spacial score (nSPS) is 10.7. The second-order valence-electron chi connectivity index (χ2n) is 6.34. The number of anilines is 1. The van der Waals surface area contributed by atoms with Gasteiger partial charge in [-0.15, -0.1) is 0 Å². The molecule has 0 bridgehead atoms. The zero-order valence-corrected chi connectivity index (χ0v) is 16.9. The molecule has 4 nitrogen and oxygen atoms in total. The van der Waals surface area contributed by atoms with Gasteiger partial charge < -0.3 is 14.0 Å². The van der Waals surface area contributed by atoms with Crippen molar-refractivity contribution in [1.82, 2.24) is 4.57 Å². The number of methoxy groups -OCH3 is 1. The summed E-state index contributed by atoms with van der Waals surface area (Å²) in [5.74, 6) is 1.80. The van der Waals surface area contributed by atoms with Crippen molar-refractivity contribution in [3.63, 3.8) is 0 Å². The van der Waals surface area contributed by atoms with E-state index in [9.17, 15) is 5.26 Å². The monoisotopic (exact) mass is 379 g/mol. The highest BCUT2D eigenvalue weighted by molar-refractivity contribution is 8.00. The van der Waals surface area contributed by atoms with E-state index in [2.05, 4.69) is 47.4 Å². The highest BCUT2D eigenvalue weighted by Gasteiger charge is 2.19. The summed E-state index contributed by atoms with van der Waals surface area (Å²) in [7, 11) is 1.67. The van der Waals surface area contributed by atoms with Gasteiger partial charge in [0.2, 0.25) is 0 Å². The average Bonchev–Trinajstić information content (AvgIpc) is 3.03. The van der Waals surface area contributed by atoms with Crippen molar-refractivity contribution < 1.29 is 4.74 Å². The molecule has 3 rings (SSSR count). The molecule has 1 aromatic heterocycles. The lowest BCUT2D eigenvalue weighted by molar-refractivity contribution is 0.415. The number of rotatable bonds is 8. The lowest BCUT2D eigenvalue weighted by atomic mass is 10.1. The molecule has 3 aromatic rings. The van der Waals surface area contributed by atoms with Crippen molar-refractivity contribution >= 4 is 28.5 Å². The van der Waals surface area contributed by atoms with Crippen LogP contribution in [0.15, 0.2) is 42.5 Å². The first-order valence-corrected chi connectivity index (χ1v) is 10.3. The molecule has 5 heteroatoms. The fourth-order valence-corrected chi connectivity index (χ4v) is 3.74. The van der Waals surface area contributed by atoms with Crippen LogP contribution >= 0.6 is 11.9 Å². The summed E-state index contributed by atoms with van der Waals surface area (Å²) >= 11 is 1.66. The molecule has 0 fully saturated rings. The summed E-state index contributed by atoms with van der Waals surface area (Å²) in [4.78, 5) is 0. The molecular weight excluding hydrogens is 354 g/mol. The third-order valence-electron chi connectivity index (χ3n) is 4.59. The molecule has 0 amide bonds. The minimum atomic E-state index is 0.726. The van der Waals surface area contributed by atoms with Crippen LogP contribution in [0, 0.1) is 11.3 Å². The topological polar surface area (TPSA) is 50.0 Å². The minimum Gasteiger partial charge on any atom is -0.497 e. The van der Waals surface area contributed by atoms with Gasteiger partial charge in [0.15, 0.2) is 0 Å². The number of nitriles is 1. The molecule has 140 valence electrons. The molecule has 1 heterocycles. The van der Waals surface area contributed by atoms with Crippen LogP contribution in [0.5, 0.6) is 5.75 Å². The molecule has 0 spiro atoms. The minimum absolute atomic E-state index is 0.726. The van der Waals surface area contributed by atoms with E-state index in [0.29, 0.717) is 0 Å². The van der Waals surface area contributed by atoms with Crippen molar-refractivity contribution in [1.29, 1.82) is 5.26 Å². The van der Waals surface area contributed by atoms with Crippen molar-refractivity contribution in [3.05, 3.63) is 48.0 Å².